The smallest absolute Gasteiger partial charge is 0.243 e. The Morgan fingerprint density at radius 1 is 1.04 bits per heavy atom. The van der Waals surface area contributed by atoms with Crippen molar-refractivity contribution in [3.8, 4) is 5.75 Å². The Balaban J connectivity index is 1.85. The minimum Gasteiger partial charge on any atom is -0.497 e. The first-order valence-electron chi connectivity index (χ1n) is 7.73. The first-order chi connectivity index (χ1) is 11.0. The SMILES string of the molecule is COc1ccc(S(=O)(=O)N2CC(c3ccccc3)CC2C)cc1. The van der Waals surface area contributed by atoms with Crippen LogP contribution in [0.2, 0.25) is 0 Å². The summed E-state index contributed by atoms with van der Waals surface area (Å²) < 4.78 is 32.5. The van der Waals surface area contributed by atoms with E-state index in [0.29, 0.717) is 17.2 Å². The highest BCUT2D eigenvalue weighted by Gasteiger charge is 2.38. The minimum atomic E-state index is -3.48. The van der Waals surface area contributed by atoms with Gasteiger partial charge in [0.2, 0.25) is 10.0 Å². The standard InChI is InChI=1S/C18H21NO3S/c1-14-12-16(15-6-4-3-5-7-15)13-19(14)23(20,21)18-10-8-17(22-2)9-11-18/h3-11,14,16H,12-13H2,1-2H3. The molecule has 0 amide bonds. The van der Waals surface area contributed by atoms with Crippen LogP contribution in [0.4, 0.5) is 0 Å². The van der Waals surface area contributed by atoms with Crippen molar-refractivity contribution in [1.82, 2.24) is 4.31 Å². The molecule has 1 fully saturated rings. The summed E-state index contributed by atoms with van der Waals surface area (Å²) in [7, 11) is -1.91. The highest BCUT2D eigenvalue weighted by Crippen LogP contribution is 2.35. The summed E-state index contributed by atoms with van der Waals surface area (Å²) >= 11 is 0. The topological polar surface area (TPSA) is 46.6 Å². The number of benzene rings is 2. The first kappa shape index (κ1) is 16.0. The van der Waals surface area contributed by atoms with Crippen molar-refractivity contribution in [3.63, 3.8) is 0 Å². The fourth-order valence-corrected chi connectivity index (χ4v) is 4.87. The van der Waals surface area contributed by atoms with Crippen LogP contribution in [0.5, 0.6) is 5.75 Å². The Kier molecular flexibility index (Phi) is 4.41. The fraction of sp³-hybridized carbons (Fsp3) is 0.333. The molecule has 2 aromatic carbocycles. The van der Waals surface area contributed by atoms with Crippen LogP contribution in [0.25, 0.3) is 0 Å². The molecule has 0 radical (unpaired) electrons. The summed E-state index contributed by atoms with van der Waals surface area (Å²) in [5, 5.41) is 0. The molecule has 2 aromatic rings. The van der Waals surface area contributed by atoms with Crippen LogP contribution in [0.15, 0.2) is 59.5 Å². The van der Waals surface area contributed by atoms with Gasteiger partial charge in [0.05, 0.1) is 12.0 Å². The van der Waals surface area contributed by atoms with Gasteiger partial charge in [-0.25, -0.2) is 8.42 Å². The molecule has 23 heavy (non-hydrogen) atoms. The minimum absolute atomic E-state index is 0.00712. The maximum atomic E-state index is 12.9. The van der Waals surface area contributed by atoms with E-state index in [2.05, 4.69) is 12.1 Å². The molecule has 5 heteroatoms. The maximum Gasteiger partial charge on any atom is 0.243 e. The molecule has 0 aromatic heterocycles. The maximum absolute atomic E-state index is 12.9. The van der Waals surface area contributed by atoms with Crippen LogP contribution in [-0.4, -0.2) is 32.4 Å². The number of hydrogen-bond donors (Lipinski definition) is 0. The number of sulfonamides is 1. The molecule has 2 atom stereocenters. The van der Waals surface area contributed by atoms with Gasteiger partial charge in [0, 0.05) is 12.6 Å². The summed E-state index contributed by atoms with van der Waals surface area (Å²) in [5.41, 5.74) is 1.20. The zero-order chi connectivity index (χ0) is 16.4. The van der Waals surface area contributed by atoms with Gasteiger partial charge in [0.1, 0.15) is 5.75 Å². The van der Waals surface area contributed by atoms with E-state index in [4.69, 9.17) is 4.74 Å². The van der Waals surface area contributed by atoms with Gasteiger partial charge in [-0.2, -0.15) is 4.31 Å². The Labute approximate surface area is 137 Å². The molecule has 0 spiro atoms. The van der Waals surface area contributed by atoms with E-state index >= 15 is 0 Å². The van der Waals surface area contributed by atoms with Crippen LogP contribution < -0.4 is 4.74 Å². The predicted molar refractivity (Wildman–Crippen MR) is 90.1 cm³/mol. The number of nitrogens with zero attached hydrogens (tertiary/aromatic N) is 1. The monoisotopic (exact) mass is 331 g/mol. The number of hydrogen-bond acceptors (Lipinski definition) is 3. The molecule has 0 N–H and O–H groups in total. The van der Waals surface area contributed by atoms with Gasteiger partial charge in [-0.05, 0) is 49.1 Å². The normalized spacial score (nSPS) is 22.2. The van der Waals surface area contributed by atoms with Crippen LogP contribution in [0.1, 0.15) is 24.8 Å². The average Bonchev–Trinajstić information content (AvgIpc) is 2.98. The molecule has 4 nitrogen and oxygen atoms in total. The van der Waals surface area contributed by atoms with E-state index < -0.39 is 10.0 Å². The lowest BCUT2D eigenvalue weighted by atomic mass is 9.97. The second-order valence-corrected chi connectivity index (χ2v) is 7.83. The summed E-state index contributed by atoms with van der Waals surface area (Å²) in [4.78, 5) is 0.318. The summed E-state index contributed by atoms with van der Waals surface area (Å²) in [5.74, 6) is 0.903. The molecule has 3 rings (SSSR count). The Bertz CT molecular complexity index is 757. The molecular weight excluding hydrogens is 310 g/mol. The van der Waals surface area contributed by atoms with E-state index in [1.165, 1.54) is 5.56 Å². The third-order valence-electron chi connectivity index (χ3n) is 4.45. The molecule has 1 saturated heterocycles. The van der Waals surface area contributed by atoms with Crippen LogP contribution >= 0.6 is 0 Å². The second kappa shape index (κ2) is 6.34. The van der Waals surface area contributed by atoms with Gasteiger partial charge in [-0.15, -0.1) is 0 Å². The summed E-state index contributed by atoms with van der Waals surface area (Å²) in [6.07, 6.45) is 0.847. The molecule has 122 valence electrons. The van der Waals surface area contributed by atoms with Crippen LogP contribution in [0, 0.1) is 0 Å². The summed E-state index contributed by atoms with van der Waals surface area (Å²) in [6, 6.07) is 16.7. The molecular formula is C18H21NO3S. The van der Waals surface area contributed by atoms with Gasteiger partial charge in [-0.3, -0.25) is 0 Å². The predicted octanol–water partition coefficient (Wildman–Crippen LogP) is 3.26. The van der Waals surface area contributed by atoms with Crippen LogP contribution in [0.3, 0.4) is 0 Å². The van der Waals surface area contributed by atoms with Crippen molar-refractivity contribution in [1.29, 1.82) is 0 Å². The highest BCUT2D eigenvalue weighted by atomic mass is 32.2. The third kappa shape index (κ3) is 3.12. The van der Waals surface area contributed by atoms with Crippen molar-refractivity contribution in [2.75, 3.05) is 13.7 Å². The van der Waals surface area contributed by atoms with E-state index in [0.717, 1.165) is 6.42 Å². The Morgan fingerprint density at radius 2 is 1.70 bits per heavy atom. The van der Waals surface area contributed by atoms with Crippen LogP contribution in [-0.2, 0) is 10.0 Å². The zero-order valence-corrected chi connectivity index (χ0v) is 14.2. The molecule has 0 saturated carbocycles. The summed E-state index contributed by atoms with van der Waals surface area (Å²) in [6.45, 7) is 2.50. The van der Waals surface area contributed by atoms with Gasteiger partial charge in [0.25, 0.3) is 0 Å². The van der Waals surface area contributed by atoms with E-state index in [1.54, 1.807) is 35.7 Å². The first-order valence-corrected chi connectivity index (χ1v) is 9.17. The molecule has 2 unspecified atom stereocenters. The van der Waals surface area contributed by atoms with Gasteiger partial charge in [0.15, 0.2) is 0 Å². The second-order valence-electron chi connectivity index (χ2n) is 5.94. The fourth-order valence-electron chi connectivity index (χ4n) is 3.19. The Hall–Kier alpha value is -1.85. The zero-order valence-electron chi connectivity index (χ0n) is 13.3. The lowest BCUT2D eigenvalue weighted by Gasteiger charge is -2.21. The van der Waals surface area contributed by atoms with Gasteiger partial charge < -0.3 is 4.74 Å². The molecule has 1 heterocycles. The van der Waals surface area contributed by atoms with Crippen molar-refractivity contribution in [2.24, 2.45) is 0 Å². The third-order valence-corrected chi connectivity index (χ3v) is 6.45. The number of ether oxygens (including phenoxy) is 1. The van der Waals surface area contributed by atoms with Crippen molar-refractivity contribution < 1.29 is 13.2 Å². The largest absolute Gasteiger partial charge is 0.497 e. The quantitative estimate of drug-likeness (QED) is 0.864. The van der Waals surface area contributed by atoms with Crippen molar-refractivity contribution >= 4 is 10.0 Å². The lowest BCUT2D eigenvalue weighted by Crippen LogP contribution is -2.33. The number of methoxy groups -OCH3 is 1. The average molecular weight is 331 g/mol. The lowest BCUT2D eigenvalue weighted by molar-refractivity contribution is 0.406. The van der Waals surface area contributed by atoms with E-state index in [9.17, 15) is 8.42 Å². The van der Waals surface area contributed by atoms with Gasteiger partial charge in [-0.1, -0.05) is 30.3 Å². The van der Waals surface area contributed by atoms with Crippen molar-refractivity contribution in [3.05, 3.63) is 60.2 Å². The van der Waals surface area contributed by atoms with Crippen molar-refractivity contribution in [2.45, 2.75) is 30.2 Å². The van der Waals surface area contributed by atoms with Gasteiger partial charge >= 0.3 is 0 Å². The Morgan fingerprint density at radius 3 is 2.30 bits per heavy atom. The molecule has 0 bridgehead atoms. The highest BCUT2D eigenvalue weighted by molar-refractivity contribution is 7.89. The van der Waals surface area contributed by atoms with E-state index in [-0.39, 0.29) is 12.0 Å². The number of rotatable bonds is 4. The molecule has 1 aliphatic rings. The van der Waals surface area contributed by atoms with E-state index in [1.807, 2.05) is 25.1 Å². The molecule has 1 aliphatic heterocycles. The molecule has 0 aliphatic carbocycles.